The van der Waals surface area contributed by atoms with E-state index in [4.69, 9.17) is 0 Å². The van der Waals surface area contributed by atoms with Crippen molar-refractivity contribution in [1.29, 1.82) is 0 Å². The summed E-state index contributed by atoms with van der Waals surface area (Å²) in [7, 11) is 0. The van der Waals surface area contributed by atoms with Gasteiger partial charge in [0.2, 0.25) is 5.91 Å². The lowest BCUT2D eigenvalue weighted by Crippen LogP contribution is -2.45. The van der Waals surface area contributed by atoms with Crippen LogP contribution >= 0.6 is 0 Å². The van der Waals surface area contributed by atoms with Crippen molar-refractivity contribution in [3.05, 3.63) is 0 Å². The molecule has 72 valence electrons. The zero-order valence-electron chi connectivity index (χ0n) is 7.21. The van der Waals surface area contributed by atoms with Gasteiger partial charge in [-0.15, -0.1) is 0 Å². The molecule has 2 amide bonds. The summed E-state index contributed by atoms with van der Waals surface area (Å²) in [4.78, 5) is 27.1. The van der Waals surface area contributed by atoms with E-state index in [0.29, 0.717) is 0 Å². The molecule has 2 aliphatic rings. The summed E-state index contributed by atoms with van der Waals surface area (Å²) in [5, 5.41) is 2.65. The Labute approximate surface area is 75.8 Å². The number of hydrogen-bond donors (Lipinski definition) is 2. The molecule has 2 fully saturated rings. The average molecular weight is 184 g/mol. The smallest absolute Gasteiger partial charge is 0.268 e. The highest BCUT2D eigenvalue weighted by Gasteiger charge is 2.31. The fraction of sp³-hybridized carbons (Fsp3) is 0.750. The third-order valence-electron chi connectivity index (χ3n) is 2.53. The lowest BCUT2D eigenvalue weighted by molar-refractivity contribution is -0.131. The second-order valence-corrected chi connectivity index (χ2v) is 3.47. The van der Waals surface area contributed by atoms with Gasteiger partial charge in [-0.25, -0.2) is 5.48 Å². The SMILES string of the molecule is O=C(NC1CONC1=O)C1CCC1. The minimum absolute atomic E-state index is 0.0168. The largest absolute Gasteiger partial charge is 0.342 e. The molecule has 2 N–H and O–H groups in total. The van der Waals surface area contributed by atoms with Crippen molar-refractivity contribution < 1.29 is 14.4 Å². The number of rotatable bonds is 2. The van der Waals surface area contributed by atoms with Gasteiger partial charge in [-0.3, -0.25) is 14.4 Å². The number of nitrogens with one attached hydrogen (secondary N) is 2. The maximum Gasteiger partial charge on any atom is 0.268 e. The van der Waals surface area contributed by atoms with E-state index in [1.807, 2.05) is 0 Å². The molecular formula is C8H12N2O3. The topological polar surface area (TPSA) is 67.4 Å². The summed E-state index contributed by atoms with van der Waals surface area (Å²) in [5.41, 5.74) is 2.20. The molecule has 0 bridgehead atoms. The quantitative estimate of drug-likeness (QED) is 0.598. The van der Waals surface area contributed by atoms with Crippen LogP contribution in [-0.4, -0.2) is 24.5 Å². The van der Waals surface area contributed by atoms with Crippen molar-refractivity contribution in [3.63, 3.8) is 0 Å². The van der Waals surface area contributed by atoms with Gasteiger partial charge in [-0.05, 0) is 12.8 Å². The zero-order chi connectivity index (χ0) is 9.26. The number of hydrogen-bond acceptors (Lipinski definition) is 3. The van der Waals surface area contributed by atoms with Gasteiger partial charge < -0.3 is 5.32 Å². The molecule has 5 heteroatoms. The molecular weight excluding hydrogens is 172 g/mol. The summed E-state index contributed by atoms with van der Waals surface area (Å²) < 4.78 is 0. The highest BCUT2D eigenvalue weighted by atomic mass is 16.7. The molecule has 1 aliphatic heterocycles. The van der Waals surface area contributed by atoms with Crippen LogP contribution in [0.4, 0.5) is 0 Å². The first-order chi connectivity index (χ1) is 6.27. The fourth-order valence-electron chi connectivity index (χ4n) is 1.41. The number of hydroxylamine groups is 1. The Morgan fingerprint density at radius 1 is 1.54 bits per heavy atom. The second-order valence-electron chi connectivity index (χ2n) is 3.47. The first-order valence-electron chi connectivity index (χ1n) is 4.49. The third kappa shape index (κ3) is 1.65. The molecule has 5 nitrogen and oxygen atoms in total. The highest BCUT2D eigenvalue weighted by Crippen LogP contribution is 2.26. The Kier molecular flexibility index (Phi) is 2.18. The molecule has 2 rings (SSSR count). The maximum absolute atomic E-state index is 11.4. The zero-order valence-corrected chi connectivity index (χ0v) is 7.21. The summed E-state index contributed by atoms with van der Waals surface area (Å²) in [6, 6.07) is -0.493. The second kappa shape index (κ2) is 3.33. The minimum atomic E-state index is -0.493. The molecule has 1 saturated heterocycles. The van der Waals surface area contributed by atoms with Crippen molar-refractivity contribution in [2.45, 2.75) is 25.3 Å². The van der Waals surface area contributed by atoms with Gasteiger partial charge in [0.1, 0.15) is 12.6 Å². The van der Waals surface area contributed by atoms with Crippen LogP contribution in [-0.2, 0) is 14.4 Å². The van der Waals surface area contributed by atoms with Gasteiger partial charge >= 0.3 is 0 Å². The first-order valence-corrected chi connectivity index (χ1v) is 4.49. The predicted octanol–water partition coefficient (Wildman–Crippen LogP) is -0.667. The number of carbonyl (C=O) groups is 2. The Morgan fingerprint density at radius 3 is 2.77 bits per heavy atom. The Morgan fingerprint density at radius 2 is 2.31 bits per heavy atom. The standard InChI is InChI=1S/C8H12N2O3/c11-7(5-2-1-3-5)9-6-4-13-10-8(6)12/h5-6H,1-4H2,(H,9,11)(H,10,12). The summed E-state index contributed by atoms with van der Waals surface area (Å²) in [6.45, 7) is 0.233. The first kappa shape index (κ1) is 8.50. The van der Waals surface area contributed by atoms with Gasteiger partial charge in [0, 0.05) is 5.92 Å². The van der Waals surface area contributed by atoms with Crippen LogP contribution in [0.5, 0.6) is 0 Å². The molecule has 0 aromatic heterocycles. The van der Waals surface area contributed by atoms with Gasteiger partial charge in [0.15, 0.2) is 0 Å². The summed E-state index contributed by atoms with van der Waals surface area (Å²) >= 11 is 0. The van der Waals surface area contributed by atoms with Crippen LogP contribution in [0.25, 0.3) is 0 Å². The summed E-state index contributed by atoms with van der Waals surface area (Å²) in [6.07, 6.45) is 3.01. The van der Waals surface area contributed by atoms with E-state index in [-0.39, 0.29) is 24.3 Å². The van der Waals surface area contributed by atoms with Gasteiger partial charge in [0.25, 0.3) is 5.91 Å². The minimum Gasteiger partial charge on any atom is -0.342 e. The molecule has 0 radical (unpaired) electrons. The van der Waals surface area contributed by atoms with Crippen LogP contribution in [0.1, 0.15) is 19.3 Å². The third-order valence-corrected chi connectivity index (χ3v) is 2.53. The van der Waals surface area contributed by atoms with Crippen molar-refractivity contribution in [1.82, 2.24) is 10.8 Å². The lowest BCUT2D eigenvalue weighted by atomic mass is 9.84. The number of carbonyl (C=O) groups excluding carboxylic acids is 2. The fourth-order valence-corrected chi connectivity index (χ4v) is 1.41. The molecule has 1 unspecified atom stereocenters. The lowest BCUT2D eigenvalue weighted by Gasteiger charge is -2.24. The van der Waals surface area contributed by atoms with Crippen LogP contribution in [0.2, 0.25) is 0 Å². The average Bonchev–Trinajstić information content (AvgIpc) is 2.32. The Balaban J connectivity index is 1.82. The van der Waals surface area contributed by atoms with Crippen molar-refractivity contribution in [3.8, 4) is 0 Å². The van der Waals surface area contributed by atoms with E-state index in [0.717, 1.165) is 19.3 Å². The van der Waals surface area contributed by atoms with Crippen LogP contribution in [0.3, 0.4) is 0 Å². The van der Waals surface area contributed by atoms with Crippen LogP contribution in [0.15, 0.2) is 0 Å². The van der Waals surface area contributed by atoms with E-state index in [1.54, 1.807) is 0 Å². The van der Waals surface area contributed by atoms with Crippen molar-refractivity contribution in [2.75, 3.05) is 6.61 Å². The van der Waals surface area contributed by atoms with Crippen LogP contribution in [0, 0.1) is 5.92 Å². The maximum atomic E-state index is 11.4. The van der Waals surface area contributed by atoms with Gasteiger partial charge in [-0.1, -0.05) is 6.42 Å². The number of amides is 2. The molecule has 1 atom stereocenters. The van der Waals surface area contributed by atoms with Crippen molar-refractivity contribution in [2.24, 2.45) is 5.92 Å². The summed E-state index contributed by atoms with van der Waals surface area (Å²) in [5.74, 6) is -0.155. The molecule has 0 spiro atoms. The van der Waals surface area contributed by atoms with E-state index in [1.165, 1.54) is 0 Å². The van der Waals surface area contributed by atoms with Gasteiger partial charge in [0.05, 0.1) is 0 Å². The molecule has 1 saturated carbocycles. The van der Waals surface area contributed by atoms with E-state index >= 15 is 0 Å². The van der Waals surface area contributed by atoms with E-state index < -0.39 is 6.04 Å². The Bertz CT molecular complexity index is 238. The molecule has 1 aliphatic carbocycles. The van der Waals surface area contributed by atoms with Crippen molar-refractivity contribution >= 4 is 11.8 Å². The predicted molar refractivity (Wildman–Crippen MR) is 43.4 cm³/mol. The monoisotopic (exact) mass is 184 g/mol. The molecule has 0 aromatic rings. The van der Waals surface area contributed by atoms with Gasteiger partial charge in [-0.2, -0.15) is 0 Å². The Hall–Kier alpha value is -1.10. The molecule has 1 heterocycles. The molecule has 13 heavy (non-hydrogen) atoms. The molecule has 0 aromatic carbocycles. The highest BCUT2D eigenvalue weighted by molar-refractivity contribution is 5.89. The van der Waals surface area contributed by atoms with E-state index in [2.05, 4.69) is 15.6 Å². The normalized spacial score (nSPS) is 28.0. The van der Waals surface area contributed by atoms with E-state index in [9.17, 15) is 9.59 Å². The van der Waals surface area contributed by atoms with Crippen LogP contribution < -0.4 is 10.8 Å².